The molecule has 0 radical (unpaired) electrons. The minimum atomic E-state index is 0.905. The van der Waals surface area contributed by atoms with Crippen LogP contribution in [0.2, 0.25) is 0 Å². The summed E-state index contributed by atoms with van der Waals surface area (Å²) in [6.45, 7) is 2.01. The second-order valence-corrected chi connectivity index (χ2v) is 6.41. The Morgan fingerprint density at radius 1 is 1.22 bits per heavy atom. The molecule has 98 valence electrons. The molecule has 1 heterocycles. The smallest absolute Gasteiger partial charge is 0.108 e. The molecule has 0 atom stereocenters. The zero-order valence-electron chi connectivity index (χ0n) is 10.8. The first kappa shape index (κ1) is 13.8. The van der Waals surface area contributed by atoms with Crippen molar-refractivity contribution in [3.05, 3.63) is 29.3 Å². The molecular formula is C14H20N2S2. The highest BCUT2D eigenvalue weighted by molar-refractivity contribution is 7.98. The van der Waals surface area contributed by atoms with E-state index in [1.807, 2.05) is 17.8 Å². The van der Waals surface area contributed by atoms with Gasteiger partial charge in [0.05, 0.1) is 10.2 Å². The maximum absolute atomic E-state index is 4.61. The lowest BCUT2D eigenvalue weighted by molar-refractivity contribution is 0.618. The van der Waals surface area contributed by atoms with E-state index in [0.29, 0.717) is 0 Å². The molecule has 2 aromatic rings. The van der Waals surface area contributed by atoms with Crippen molar-refractivity contribution in [1.82, 2.24) is 10.3 Å². The van der Waals surface area contributed by atoms with Gasteiger partial charge in [-0.05, 0) is 43.5 Å². The highest BCUT2D eigenvalue weighted by Crippen LogP contribution is 2.21. The molecule has 4 heteroatoms. The van der Waals surface area contributed by atoms with Crippen LogP contribution in [0.4, 0.5) is 0 Å². The Kier molecular flexibility index (Phi) is 5.97. The van der Waals surface area contributed by atoms with E-state index in [4.69, 9.17) is 0 Å². The summed E-state index contributed by atoms with van der Waals surface area (Å²) in [6.07, 6.45) is 6.11. The summed E-state index contributed by atoms with van der Waals surface area (Å²) in [7, 11) is 0. The summed E-state index contributed by atoms with van der Waals surface area (Å²) >= 11 is 3.73. The van der Waals surface area contributed by atoms with Gasteiger partial charge in [-0.1, -0.05) is 18.6 Å². The van der Waals surface area contributed by atoms with Crippen LogP contribution in [0.5, 0.6) is 0 Å². The molecule has 1 N–H and O–H groups in total. The lowest BCUT2D eigenvalue weighted by atomic mass is 10.2. The lowest BCUT2D eigenvalue weighted by Crippen LogP contribution is -2.14. The molecule has 1 aromatic carbocycles. The van der Waals surface area contributed by atoms with Crippen LogP contribution in [-0.2, 0) is 6.54 Å². The number of aromatic nitrogens is 1. The van der Waals surface area contributed by atoms with Gasteiger partial charge in [-0.3, -0.25) is 0 Å². The topological polar surface area (TPSA) is 24.9 Å². The molecule has 0 amide bonds. The number of unbranched alkanes of at least 4 members (excludes halogenated alkanes) is 2. The number of nitrogens with zero attached hydrogens (tertiary/aromatic N) is 1. The predicted molar refractivity (Wildman–Crippen MR) is 83.6 cm³/mol. The Balaban J connectivity index is 1.67. The second kappa shape index (κ2) is 7.77. The number of hydrogen-bond donors (Lipinski definition) is 1. The fraction of sp³-hybridized carbons (Fsp3) is 0.500. The third kappa shape index (κ3) is 4.26. The van der Waals surface area contributed by atoms with E-state index in [9.17, 15) is 0 Å². The van der Waals surface area contributed by atoms with Crippen LogP contribution in [0.15, 0.2) is 24.3 Å². The maximum Gasteiger partial charge on any atom is 0.108 e. The Hall–Kier alpha value is -0.580. The Labute approximate surface area is 117 Å². The summed E-state index contributed by atoms with van der Waals surface area (Å²) in [5, 5.41) is 4.68. The van der Waals surface area contributed by atoms with Crippen LogP contribution in [0.3, 0.4) is 0 Å². The normalized spacial score (nSPS) is 11.2. The van der Waals surface area contributed by atoms with Gasteiger partial charge in [-0.2, -0.15) is 11.8 Å². The zero-order chi connectivity index (χ0) is 12.6. The van der Waals surface area contributed by atoms with Gasteiger partial charge in [-0.15, -0.1) is 11.3 Å². The van der Waals surface area contributed by atoms with Crippen LogP contribution in [-0.4, -0.2) is 23.5 Å². The Bertz CT molecular complexity index is 435. The third-order valence-corrected chi connectivity index (χ3v) is 4.55. The molecule has 0 fully saturated rings. The lowest BCUT2D eigenvalue weighted by Gasteiger charge is -2.01. The molecule has 1 aromatic heterocycles. The number of para-hydroxylation sites is 1. The largest absolute Gasteiger partial charge is 0.310 e. The molecule has 0 unspecified atom stereocenters. The van der Waals surface area contributed by atoms with E-state index in [1.54, 1.807) is 11.3 Å². The SMILES string of the molecule is CSCCCCCNCc1nc2ccccc2s1. The van der Waals surface area contributed by atoms with Gasteiger partial charge in [0.2, 0.25) is 0 Å². The highest BCUT2D eigenvalue weighted by atomic mass is 32.2. The minimum Gasteiger partial charge on any atom is -0.310 e. The van der Waals surface area contributed by atoms with Gasteiger partial charge < -0.3 is 5.32 Å². The summed E-state index contributed by atoms with van der Waals surface area (Å²) in [4.78, 5) is 4.61. The quantitative estimate of drug-likeness (QED) is 0.742. The number of nitrogens with one attached hydrogen (secondary N) is 1. The molecule has 0 aliphatic heterocycles. The van der Waals surface area contributed by atoms with Gasteiger partial charge >= 0.3 is 0 Å². The highest BCUT2D eigenvalue weighted by Gasteiger charge is 2.01. The first-order valence-electron chi connectivity index (χ1n) is 6.44. The third-order valence-electron chi connectivity index (χ3n) is 2.82. The van der Waals surface area contributed by atoms with Gasteiger partial charge in [-0.25, -0.2) is 4.98 Å². The number of rotatable bonds is 8. The van der Waals surface area contributed by atoms with Crippen LogP contribution in [0, 0.1) is 0 Å². The molecule has 0 spiro atoms. The molecular weight excluding hydrogens is 260 g/mol. The molecule has 2 nitrogen and oxygen atoms in total. The van der Waals surface area contributed by atoms with E-state index in [1.165, 1.54) is 34.7 Å². The summed E-state index contributed by atoms with van der Waals surface area (Å²) < 4.78 is 1.29. The van der Waals surface area contributed by atoms with E-state index in [-0.39, 0.29) is 0 Å². The number of thiazole rings is 1. The van der Waals surface area contributed by atoms with Crippen molar-refractivity contribution in [2.24, 2.45) is 0 Å². The minimum absolute atomic E-state index is 0.905. The second-order valence-electron chi connectivity index (χ2n) is 4.31. The monoisotopic (exact) mass is 280 g/mol. The Morgan fingerprint density at radius 2 is 2.11 bits per heavy atom. The molecule has 0 saturated heterocycles. The maximum atomic E-state index is 4.61. The van der Waals surface area contributed by atoms with Crippen molar-refractivity contribution in [2.45, 2.75) is 25.8 Å². The molecule has 0 aliphatic carbocycles. The number of benzene rings is 1. The van der Waals surface area contributed by atoms with Crippen LogP contribution in [0.1, 0.15) is 24.3 Å². The van der Waals surface area contributed by atoms with Crippen LogP contribution < -0.4 is 5.32 Å². The average Bonchev–Trinajstić information content (AvgIpc) is 2.80. The molecule has 0 bridgehead atoms. The van der Waals surface area contributed by atoms with Crippen molar-refractivity contribution in [1.29, 1.82) is 0 Å². The number of thioether (sulfide) groups is 1. The van der Waals surface area contributed by atoms with E-state index in [0.717, 1.165) is 18.6 Å². The van der Waals surface area contributed by atoms with Crippen molar-refractivity contribution in [3.63, 3.8) is 0 Å². The van der Waals surface area contributed by atoms with Crippen molar-refractivity contribution in [3.8, 4) is 0 Å². The summed E-state index contributed by atoms with van der Waals surface area (Å²) in [5.74, 6) is 1.29. The zero-order valence-corrected chi connectivity index (χ0v) is 12.4. The Morgan fingerprint density at radius 3 is 2.94 bits per heavy atom. The van der Waals surface area contributed by atoms with Gasteiger partial charge in [0, 0.05) is 6.54 Å². The fourth-order valence-corrected chi connectivity index (χ4v) is 3.29. The number of fused-ring (bicyclic) bond motifs is 1. The molecule has 2 rings (SSSR count). The molecule has 18 heavy (non-hydrogen) atoms. The first-order chi connectivity index (χ1) is 8.90. The number of hydrogen-bond acceptors (Lipinski definition) is 4. The predicted octanol–water partition coefficient (Wildman–Crippen LogP) is 3.92. The molecule has 0 saturated carbocycles. The van der Waals surface area contributed by atoms with Crippen molar-refractivity contribution < 1.29 is 0 Å². The van der Waals surface area contributed by atoms with Gasteiger partial charge in [0.1, 0.15) is 5.01 Å². The summed E-state index contributed by atoms with van der Waals surface area (Å²) in [5.41, 5.74) is 1.12. The van der Waals surface area contributed by atoms with Crippen molar-refractivity contribution in [2.75, 3.05) is 18.6 Å². The summed E-state index contributed by atoms with van der Waals surface area (Å²) in [6, 6.07) is 8.34. The standard InChI is InChI=1S/C14H20N2S2/c1-17-10-6-2-5-9-15-11-14-16-12-7-3-4-8-13(12)18-14/h3-4,7-8,15H,2,5-6,9-11H2,1H3. The van der Waals surface area contributed by atoms with Crippen LogP contribution >= 0.6 is 23.1 Å². The fourth-order valence-electron chi connectivity index (χ4n) is 1.86. The van der Waals surface area contributed by atoms with E-state index >= 15 is 0 Å². The first-order valence-corrected chi connectivity index (χ1v) is 8.65. The van der Waals surface area contributed by atoms with Crippen LogP contribution in [0.25, 0.3) is 10.2 Å². The van der Waals surface area contributed by atoms with Crippen molar-refractivity contribution >= 4 is 33.3 Å². The van der Waals surface area contributed by atoms with Gasteiger partial charge in [0.25, 0.3) is 0 Å². The van der Waals surface area contributed by atoms with E-state index in [2.05, 4.69) is 34.8 Å². The molecule has 0 aliphatic rings. The van der Waals surface area contributed by atoms with Gasteiger partial charge in [0.15, 0.2) is 0 Å². The van der Waals surface area contributed by atoms with E-state index < -0.39 is 0 Å². The average molecular weight is 280 g/mol.